The van der Waals surface area contributed by atoms with Crippen molar-refractivity contribution >= 4 is 12.0 Å². The second-order valence-corrected chi connectivity index (χ2v) is 5.42. The zero-order valence-electron chi connectivity index (χ0n) is 10.7. The van der Waals surface area contributed by atoms with Gasteiger partial charge in [0.05, 0.1) is 6.42 Å². The number of nitrogens with one attached hydrogen (secondary N) is 1. The van der Waals surface area contributed by atoms with E-state index < -0.39 is 5.97 Å². The Morgan fingerprint density at radius 1 is 1.17 bits per heavy atom. The van der Waals surface area contributed by atoms with Crippen LogP contribution < -0.4 is 5.32 Å². The van der Waals surface area contributed by atoms with Gasteiger partial charge in [0.15, 0.2) is 0 Å². The van der Waals surface area contributed by atoms with Gasteiger partial charge in [-0.1, -0.05) is 12.8 Å². The first-order valence-electron chi connectivity index (χ1n) is 6.93. The maximum absolute atomic E-state index is 12.0. The van der Waals surface area contributed by atoms with Crippen molar-refractivity contribution in [2.24, 2.45) is 5.92 Å². The highest BCUT2D eigenvalue weighted by Gasteiger charge is 2.30. The topological polar surface area (TPSA) is 69.6 Å². The summed E-state index contributed by atoms with van der Waals surface area (Å²) < 4.78 is 0. The third-order valence-corrected chi connectivity index (χ3v) is 4.06. The van der Waals surface area contributed by atoms with Crippen molar-refractivity contribution in [2.75, 3.05) is 13.1 Å². The van der Waals surface area contributed by atoms with E-state index in [1.165, 1.54) is 25.7 Å². The molecule has 2 fully saturated rings. The van der Waals surface area contributed by atoms with E-state index in [0.29, 0.717) is 12.5 Å². The van der Waals surface area contributed by atoms with Gasteiger partial charge in [0, 0.05) is 19.1 Å². The van der Waals surface area contributed by atoms with Gasteiger partial charge in [-0.15, -0.1) is 0 Å². The van der Waals surface area contributed by atoms with Crippen LogP contribution in [0, 0.1) is 5.92 Å². The summed E-state index contributed by atoms with van der Waals surface area (Å²) in [6, 6.07) is -0.197. The summed E-state index contributed by atoms with van der Waals surface area (Å²) in [5.41, 5.74) is 0. The Morgan fingerprint density at radius 2 is 1.89 bits per heavy atom. The third kappa shape index (κ3) is 3.37. The Hall–Kier alpha value is -1.26. The molecule has 1 atom stereocenters. The molecule has 1 aliphatic carbocycles. The van der Waals surface area contributed by atoms with Crippen LogP contribution in [0.1, 0.15) is 44.9 Å². The van der Waals surface area contributed by atoms with Gasteiger partial charge in [-0.3, -0.25) is 4.79 Å². The zero-order chi connectivity index (χ0) is 13.0. The summed E-state index contributed by atoms with van der Waals surface area (Å²) in [4.78, 5) is 24.4. The Kier molecular flexibility index (Phi) is 4.44. The second-order valence-electron chi connectivity index (χ2n) is 5.42. The molecule has 0 bridgehead atoms. The predicted molar refractivity (Wildman–Crippen MR) is 67.3 cm³/mol. The highest BCUT2D eigenvalue weighted by Crippen LogP contribution is 2.24. The smallest absolute Gasteiger partial charge is 0.317 e. The first-order valence-corrected chi connectivity index (χ1v) is 6.93. The van der Waals surface area contributed by atoms with Crippen LogP contribution in [0.2, 0.25) is 0 Å². The number of hydrogen-bond acceptors (Lipinski definition) is 2. The van der Waals surface area contributed by atoms with E-state index in [1.54, 1.807) is 4.90 Å². The maximum atomic E-state index is 12.0. The average molecular weight is 254 g/mol. The van der Waals surface area contributed by atoms with Gasteiger partial charge in [-0.25, -0.2) is 4.79 Å². The molecule has 2 aliphatic rings. The van der Waals surface area contributed by atoms with E-state index in [1.807, 2.05) is 0 Å². The minimum Gasteiger partial charge on any atom is -0.481 e. The minimum atomic E-state index is -0.824. The highest BCUT2D eigenvalue weighted by molar-refractivity contribution is 5.76. The highest BCUT2D eigenvalue weighted by atomic mass is 16.4. The van der Waals surface area contributed by atoms with Gasteiger partial charge in [-0.2, -0.15) is 0 Å². The molecule has 0 aromatic carbocycles. The molecule has 1 unspecified atom stereocenters. The monoisotopic (exact) mass is 254 g/mol. The molecule has 0 spiro atoms. The fourth-order valence-electron chi connectivity index (χ4n) is 3.06. The van der Waals surface area contributed by atoms with E-state index in [0.717, 1.165) is 19.4 Å². The van der Waals surface area contributed by atoms with Crippen molar-refractivity contribution in [1.82, 2.24) is 10.2 Å². The molecule has 18 heavy (non-hydrogen) atoms. The van der Waals surface area contributed by atoms with E-state index in [2.05, 4.69) is 5.32 Å². The molecule has 2 rings (SSSR count). The van der Waals surface area contributed by atoms with Gasteiger partial charge in [0.25, 0.3) is 0 Å². The number of carbonyl (C=O) groups is 2. The molecule has 1 saturated carbocycles. The Bertz CT molecular complexity index is 313. The summed E-state index contributed by atoms with van der Waals surface area (Å²) >= 11 is 0. The quantitative estimate of drug-likeness (QED) is 0.804. The number of rotatable bonds is 4. The molecule has 1 aliphatic heterocycles. The fourth-order valence-corrected chi connectivity index (χ4v) is 3.06. The summed E-state index contributed by atoms with van der Waals surface area (Å²) in [5, 5.41) is 11.8. The van der Waals surface area contributed by atoms with E-state index >= 15 is 0 Å². The van der Waals surface area contributed by atoms with Crippen molar-refractivity contribution < 1.29 is 14.7 Å². The van der Waals surface area contributed by atoms with E-state index in [-0.39, 0.29) is 18.5 Å². The van der Waals surface area contributed by atoms with Crippen LogP contribution in [0.5, 0.6) is 0 Å². The number of amides is 2. The van der Waals surface area contributed by atoms with Crippen molar-refractivity contribution in [3.05, 3.63) is 0 Å². The number of aliphatic carboxylic acids is 1. The molecule has 1 heterocycles. The summed E-state index contributed by atoms with van der Waals surface area (Å²) in [7, 11) is 0. The first kappa shape index (κ1) is 13.2. The van der Waals surface area contributed by atoms with Crippen LogP contribution >= 0.6 is 0 Å². The van der Waals surface area contributed by atoms with Crippen LogP contribution in [-0.2, 0) is 4.79 Å². The number of nitrogens with zero attached hydrogens (tertiary/aromatic N) is 1. The summed E-state index contributed by atoms with van der Waals surface area (Å²) in [6.45, 7) is 1.43. The van der Waals surface area contributed by atoms with Crippen LogP contribution in [0.25, 0.3) is 0 Å². The lowest BCUT2D eigenvalue weighted by Crippen LogP contribution is -2.44. The lowest BCUT2D eigenvalue weighted by molar-refractivity contribution is -0.137. The van der Waals surface area contributed by atoms with Crippen molar-refractivity contribution in [1.29, 1.82) is 0 Å². The molecule has 0 aromatic rings. The van der Waals surface area contributed by atoms with Gasteiger partial charge in [0.2, 0.25) is 0 Å². The molecule has 2 amide bonds. The normalized spacial score (nSPS) is 24.4. The van der Waals surface area contributed by atoms with Crippen LogP contribution in [-0.4, -0.2) is 41.1 Å². The Morgan fingerprint density at radius 3 is 2.56 bits per heavy atom. The van der Waals surface area contributed by atoms with Crippen LogP contribution in [0.3, 0.4) is 0 Å². The standard InChI is InChI=1S/C13H22N2O3/c16-12(17)8-11-6-3-7-15(11)13(18)14-9-10-4-1-2-5-10/h10-11H,1-9H2,(H,14,18)(H,16,17). The van der Waals surface area contributed by atoms with Crippen molar-refractivity contribution in [3.8, 4) is 0 Å². The zero-order valence-corrected chi connectivity index (χ0v) is 10.7. The number of carboxylic acids is 1. The number of carboxylic acid groups (broad SMARTS) is 1. The molecule has 102 valence electrons. The van der Waals surface area contributed by atoms with Crippen LogP contribution in [0.15, 0.2) is 0 Å². The number of likely N-dealkylation sites (tertiary alicyclic amines) is 1. The predicted octanol–water partition coefficient (Wildman–Crippen LogP) is 1.83. The van der Waals surface area contributed by atoms with Crippen LogP contribution in [0.4, 0.5) is 4.79 Å². The van der Waals surface area contributed by atoms with Gasteiger partial charge >= 0.3 is 12.0 Å². The average Bonchev–Trinajstić information content (AvgIpc) is 2.95. The Balaban J connectivity index is 1.77. The number of urea groups is 1. The molecule has 0 aromatic heterocycles. The van der Waals surface area contributed by atoms with Crippen molar-refractivity contribution in [3.63, 3.8) is 0 Å². The lowest BCUT2D eigenvalue weighted by Gasteiger charge is -2.24. The number of hydrogen-bond donors (Lipinski definition) is 2. The fraction of sp³-hybridized carbons (Fsp3) is 0.846. The Labute approximate surface area is 108 Å². The summed E-state index contributed by atoms with van der Waals surface area (Å²) in [6.07, 6.45) is 6.74. The van der Waals surface area contributed by atoms with Crippen molar-refractivity contribution in [2.45, 2.75) is 51.0 Å². The van der Waals surface area contributed by atoms with E-state index in [4.69, 9.17) is 5.11 Å². The molecule has 1 saturated heterocycles. The molecule has 2 N–H and O–H groups in total. The van der Waals surface area contributed by atoms with Gasteiger partial charge < -0.3 is 15.3 Å². The molecule has 0 radical (unpaired) electrons. The SMILES string of the molecule is O=C(O)CC1CCCN1C(=O)NCC1CCCC1. The minimum absolute atomic E-state index is 0.0663. The number of carbonyl (C=O) groups excluding carboxylic acids is 1. The molecular weight excluding hydrogens is 232 g/mol. The van der Waals surface area contributed by atoms with Gasteiger partial charge in [-0.05, 0) is 31.6 Å². The van der Waals surface area contributed by atoms with Gasteiger partial charge in [0.1, 0.15) is 0 Å². The molecule has 5 nitrogen and oxygen atoms in total. The maximum Gasteiger partial charge on any atom is 0.317 e. The molecular formula is C13H22N2O3. The largest absolute Gasteiger partial charge is 0.481 e. The summed E-state index contributed by atoms with van der Waals surface area (Å²) in [5.74, 6) is -0.204. The lowest BCUT2D eigenvalue weighted by atomic mass is 10.1. The third-order valence-electron chi connectivity index (χ3n) is 4.06. The molecule has 5 heteroatoms. The second kappa shape index (κ2) is 6.07. The van der Waals surface area contributed by atoms with E-state index in [9.17, 15) is 9.59 Å². The first-order chi connectivity index (χ1) is 8.66.